The summed E-state index contributed by atoms with van der Waals surface area (Å²) < 4.78 is 4.96. The first-order chi connectivity index (χ1) is 10.5. The zero-order chi connectivity index (χ0) is 16.1. The molecule has 2 amide bonds. The zero-order valence-electron chi connectivity index (χ0n) is 12.7. The highest BCUT2D eigenvalue weighted by molar-refractivity contribution is 5.97. The van der Waals surface area contributed by atoms with Gasteiger partial charge >= 0.3 is 5.97 Å². The molecule has 0 spiro atoms. The van der Waals surface area contributed by atoms with E-state index in [4.69, 9.17) is 4.74 Å². The van der Waals surface area contributed by atoms with Crippen LogP contribution >= 0.6 is 0 Å². The summed E-state index contributed by atoms with van der Waals surface area (Å²) in [5.74, 6) is -0.653. The molecule has 2 N–H and O–H groups in total. The van der Waals surface area contributed by atoms with Gasteiger partial charge in [0.05, 0.1) is 5.92 Å². The van der Waals surface area contributed by atoms with E-state index in [9.17, 15) is 14.4 Å². The van der Waals surface area contributed by atoms with E-state index in [-0.39, 0.29) is 24.4 Å². The number of esters is 1. The van der Waals surface area contributed by atoms with Crippen molar-refractivity contribution in [1.29, 1.82) is 0 Å². The molecular weight excluding hydrogens is 284 g/mol. The van der Waals surface area contributed by atoms with Crippen molar-refractivity contribution in [3.05, 3.63) is 29.8 Å². The van der Waals surface area contributed by atoms with E-state index in [1.54, 1.807) is 24.3 Å². The van der Waals surface area contributed by atoms with Crippen molar-refractivity contribution in [1.82, 2.24) is 5.32 Å². The smallest absolute Gasteiger partial charge is 0.309 e. The molecule has 1 aliphatic rings. The number of carbonyl (C=O) groups is 3. The van der Waals surface area contributed by atoms with Crippen LogP contribution in [0.3, 0.4) is 0 Å². The number of ether oxygens (including phenoxy) is 1. The molecule has 1 aromatic rings. The molecule has 2 rings (SSSR count). The summed E-state index contributed by atoms with van der Waals surface area (Å²) in [5.41, 5.74) is 0.952. The lowest BCUT2D eigenvalue weighted by molar-refractivity contribution is -0.148. The molecule has 6 heteroatoms. The Morgan fingerprint density at radius 1 is 1.32 bits per heavy atom. The van der Waals surface area contributed by atoms with Crippen molar-refractivity contribution >= 4 is 23.5 Å². The molecule has 0 aromatic heterocycles. The van der Waals surface area contributed by atoms with Crippen molar-refractivity contribution in [3.63, 3.8) is 0 Å². The molecule has 0 heterocycles. The Balaban J connectivity index is 1.84. The fourth-order valence-electron chi connectivity index (χ4n) is 2.09. The van der Waals surface area contributed by atoms with E-state index in [0.717, 1.165) is 6.42 Å². The molecule has 0 radical (unpaired) electrons. The van der Waals surface area contributed by atoms with Gasteiger partial charge in [-0.25, -0.2) is 0 Å². The van der Waals surface area contributed by atoms with Gasteiger partial charge in [-0.05, 0) is 37.5 Å². The van der Waals surface area contributed by atoms with Crippen molar-refractivity contribution in [2.24, 2.45) is 11.8 Å². The van der Waals surface area contributed by atoms with Gasteiger partial charge in [0.2, 0.25) is 0 Å². The van der Waals surface area contributed by atoms with Crippen molar-refractivity contribution in [2.75, 3.05) is 18.5 Å². The van der Waals surface area contributed by atoms with Gasteiger partial charge in [-0.3, -0.25) is 14.4 Å². The minimum absolute atomic E-state index is 0.0612. The number of benzene rings is 1. The van der Waals surface area contributed by atoms with Crippen LogP contribution in [-0.4, -0.2) is 30.9 Å². The molecule has 0 saturated heterocycles. The topological polar surface area (TPSA) is 84.5 Å². The van der Waals surface area contributed by atoms with Crippen LogP contribution in [0.1, 0.15) is 30.6 Å². The molecule has 0 unspecified atom stereocenters. The average Bonchev–Trinajstić information content (AvgIpc) is 3.22. The summed E-state index contributed by atoms with van der Waals surface area (Å²) in [6.45, 7) is 4.02. The second-order valence-electron chi connectivity index (χ2n) is 5.42. The first-order valence-electron chi connectivity index (χ1n) is 7.36. The molecular formula is C16H20N2O4. The minimum atomic E-state index is -0.422. The summed E-state index contributed by atoms with van der Waals surface area (Å²) in [5, 5.41) is 5.29. The number of carbonyl (C=O) groups excluding carboxylic acids is 3. The highest BCUT2D eigenvalue weighted by atomic mass is 16.5. The maximum atomic E-state index is 11.8. The van der Waals surface area contributed by atoms with Gasteiger partial charge in [-0.1, -0.05) is 13.0 Å². The standard InChI is InChI=1S/C16H20N2O4/c1-3-17-15(20)11-5-4-6-12(8-11)18-14(19)9-22-16(21)13-7-10(13)2/h4-6,8,10,13H,3,7,9H2,1-2H3,(H,17,20)(H,18,19)/t10-,13-/m1/s1. The first-order valence-corrected chi connectivity index (χ1v) is 7.36. The lowest BCUT2D eigenvalue weighted by Gasteiger charge is -2.08. The monoisotopic (exact) mass is 304 g/mol. The Bertz CT molecular complexity index is 585. The molecule has 1 aliphatic carbocycles. The van der Waals surface area contributed by atoms with Crippen LogP contribution in [0.25, 0.3) is 0 Å². The van der Waals surface area contributed by atoms with E-state index in [1.807, 2.05) is 13.8 Å². The molecule has 118 valence electrons. The van der Waals surface area contributed by atoms with Crippen LogP contribution in [0, 0.1) is 11.8 Å². The average molecular weight is 304 g/mol. The zero-order valence-corrected chi connectivity index (χ0v) is 12.7. The maximum Gasteiger partial charge on any atom is 0.309 e. The molecule has 0 bridgehead atoms. The first kappa shape index (κ1) is 16.0. The van der Waals surface area contributed by atoms with E-state index >= 15 is 0 Å². The van der Waals surface area contributed by atoms with Gasteiger partial charge in [-0.15, -0.1) is 0 Å². The highest BCUT2D eigenvalue weighted by Gasteiger charge is 2.40. The third-order valence-electron chi connectivity index (χ3n) is 3.50. The summed E-state index contributed by atoms with van der Waals surface area (Å²) in [7, 11) is 0. The third kappa shape index (κ3) is 4.31. The molecule has 6 nitrogen and oxygen atoms in total. The van der Waals surface area contributed by atoms with E-state index in [1.165, 1.54) is 0 Å². The van der Waals surface area contributed by atoms with Crippen LogP contribution in [0.2, 0.25) is 0 Å². The third-order valence-corrected chi connectivity index (χ3v) is 3.50. The van der Waals surface area contributed by atoms with Gasteiger partial charge in [-0.2, -0.15) is 0 Å². The maximum absolute atomic E-state index is 11.8. The van der Waals surface area contributed by atoms with E-state index in [0.29, 0.717) is 23.7 Å². The van der Waals surface area contributed by atoms with Crippen LogP contribution in [-0.2, 0) is 14.3 Å². The second kappa shape index (κ2) is 7.06. The van der Waals surface area contributed by atoms with Crippen LogP contribution in [0.15, 0.2) is 24.3 Å². The van der Waals surface area contributed by atoms with Gasteiger partial charge < -0.3 is 15.4 Å². The molecule has 1 fully saturated rings. The van der Waals surface area contributed by atoms with E-state index < -0.39 is 5.91 Å². The van der Waals surface area contributed by atoms with Crippen LogP contribution in [0.5, 0.6) is 0 Å². The number of rotatable bonds is 6. The van der Waals surface area contributed by atoms with Crippen LogP contribution < -0.4 is 10.6 Å². The predicted molar refractivity (Wildman–Crippen MR) is 81.3 cm³/mol. The minimum Gasteiger partial charge on any atom is -0.455 e. The Morgan fingerprint density at radius 2 is 2.05 bits per heavy atom. The number of hydrogen-bond acceptors (Lipinski definition) is 4. The Kier molecular flexibility index (Phi) is 5.14. The lowest BCUT2D eigenvalue weighted by atomic mass is 10.2. The van der Waals surface area contributed by atoms with Crippen molar-refractivity contribution < 1.29 is 19.1 Å². The number of nitrogens with one attached hydrogen (secondary N) is 2. The lowest BCUT2D eigenvalue weighted by Crippen LogP contribution is -2.24. The number of amides is 2. The van der Waals surface area contributed by atoms with Gasteiger partial charge in [0.15, 0.2) is 6.61 Å². The summed E-state index contributed by atoms with van der Waals surface area (Å²) in [6.07, 6.45) is 0.828. The van der Waals surface area contributed by atoms with Crippen molar-refractivity contribution in [3.8, 4) is 0 Å². The van der Waals surface area contributed by atoms with Gasteiger partial charge in [0.25, 0.3) is 11.8 Å². The number of anilines is 1. The Hall–Kier alpha value is -2.37. The van der Waals surface area contributed by atoms with Crippen molar-refractivity contribution in [2.45, 2.75) is 20.3 Å². The Morgan fingerprint density at radius 3 is 2.68 bits per heavy atom. The fourth-order valence-corrected chi connectivity index (χ4v) is 2.09. The normalized spacial score (nSPS) is 19.2. The molecule has 2 atom stereocenters. The second-order valence-corrected chi connectivity index (χ2v) is 5.42. The molecule has 0 aliphatic heterocycles. The summed E-state index contributed by atoms with van der Waals surface area (Å²) in [6, 6.07) is 6.59. The largest absolute Gasteiger partial charge is 0.455 e. The molecule has 1 saturated carbocycles. The fraction of sp³-hybridized carbons (Fsp3) is 0.438. The quantitative estimate of drug-likeness (QED) is 0.781. The summed E-state index contributed by atoms with van der Waals surface area (Å²) in [4.78, 5) is 35.0. The van der Waals surface area contributed by atoms with Gasteiger partial charge in [0.1, 0.15) is 0 Å². The predicted octanol–water partition coefficient (Wildman–Crippen LogP) is 1.57. The SMILES string of the molecule is CCNC(=O)c1cccc(NC(=O)COC(=O)[C@@H]2C[C@H]2C)c1. The Labute approximate surface area is 129 Å². The van der Waals surface area contributed by atoms with Gasteiger partial charge in [0, 0.05) is 17.8 Å². The summed E-state index contributed by atoms with van der Waals surface area (Å²) >= 11 is 0. The van der Waals surface area contributed by atoms with E-state index in [2.05, 4.69) is 10.6 Å². The van der Waals surface area contributed by atoms with Crippen LogP contribution in [0.4, 0.5) is 5.69 Å². The number of hydrogen-bond donors (Lipinski definition) is 2. The highest BCUT2D eigenvalue weighted by Crippen LogP contribution is 2.38. The molecule has 22 heavy (non-hydrogen) atoms. The molecule has 1 aromatic carbocycles.